The fourth-order valence-corrected chi connectivity index (χ4v) is 4.35. The van der Waals surface area contributed by atoms with Crippen molar-refractivity contribution >= 4 is 11.8 Å². The number of benzene rings is 1. The fraction of sp³-hybridized carbons (Fsp3) is 0.636. The van der Waals surface area contributed by atoms with Crippen LogP contribution in [-0.2, 0) is 9.59 Å². The predicted molar refractivity (Wildman–Crippen MR) is 105 cm³/mol. The second-order valence-electron chi connectivity index (χ2n) is 7.98. The minimum Gasteiger partial charge on any atom is -0.383 e. The number of aliphatic hydroxyl groups is 1. The second kappa shape index (κ2) is 9.36. The highest BCUT2D eigenvalue weighted by Gasteiger charge is 2.32. The van der Waals surface area contributed by atoms with Crippen LogP contribution in [0.15, 0.2) is 30.3 Å². The minimum absolute atomic E-state index is 0.102. The van der Waals surface area contributed by atoms with Crippen molar-refractivity contribution in [1.29, 1.82) is 0 Å². The molecule has 27 heavy (non-hydrogen) atoms. The minimum atomic E-state index is -0.879. The third kappa shape index (κ3) is 4.89. The molecule has 2 fully saturated rings. The van der Waals surface area contributed by atoms with E-state index in [0.717, 1.165) is 37.7 Å². The van der Waals surface area contributed by atoms with Crippen LogP contribution in [0.5, 0.6) is 0 Å². The van der Waals surface area contributed by atoms with Crippen LogP contribution >= 0.6 is 0 Å². The molecule has 2 atom stereocenters. The summed E-state index contributed by atoms with van der Waals surface area (Å²) in [4.78, 5) is 29.3. The Labute approximate surface area is 162 Å². The average molecular weight is 373 g/mol. The van der Waals surface area contributed by atoms with E-state index in [1.165, 1.54) is 6.42 Å². The van der Waals surface area contributed by atoms with Gasteiger partial charge in [0.05, 0.1) is 5.92 Å². The van der Waals surface area contributed by atoms with Crippen molar-refractivity contribution in [2.45, 2.75) is 57.5 Å². The van der Waals surface area contributed by atoms with Gasteiger partial charge in [-0.05, 0) is 37.7 Å². The third-order valence-electron chi connectivity index (χ3n) is 6.14. The molecule has 2 aliphatic rings. The molecule has 0 aromatic heterocycles. The molecule has 2 amide bonds. The zero-order valence-electron chi connectivity index (χ0n) is 16.3. The second-order valence-corrected chi connectivity index (χ2v) is 7.98. The Morgan fingerprint density at radius 1 is 0.889 bits per heavy atom. The Kier molecular flexibility index (Phi) is 6.89. The van der Waals surface area contributed by atoms with Crippen molar-refractivity contribution in [3.05, 3.63) is 35.9 Å². The highest BCUT2D eigenvalue weighted by Crippen LogP contribution is 2.27. The number of hydrogen-bond donors (Lipinski definition) is 1. The van der Waals surface area contributed by atoms with E-state index in [9.17, 15) is 14.7 Å². The molecule has 0 spiro atoms. The van der Waals surface area contributed by atoms with Gasteiger partial charge in [-0.25, -0.2) is 0 Å². The number of carbonyl (C=O) groups is 2. The number of amides is 2. The van der Waals surface area contributed by atoms with Crippen molar-refractivity contribution in [2.75, 3.05) is 26.2 Å². The van der Waals surface area contributed by atoms with E-state index in [1.54, 1.807) is 4.90 Å². The van der Waals surface area contributed by atoms with E-state index in [-0.39, 0.29) is 23.7 Å². The lowest BCUT2D eigenvalue weighted by atomic mass is 9.85. The van der Waals surface area contributed by atoms with Gasteiger partial charge >= 0.3 is 0 Å². The lowest BCUT2D eigenvalue weighted by Crippen LogP contribution is -2.45. The summed E-state index contributed by atoms with van der Waals surface area (Å²) in [5, 5.41) is 10.5. The van der Waals surface area contributed by atoms with Gasteiger partial charge in [-0.3, -0.25) is 9.59 Å². The molecule has 1 heterocycles. The molecule has 1 saturated carbocycles. The van der Waals surface area contributed by atoms with Crippen LogP contribution in [0.4, 0.5) is 0 Å². The Balaban J connectivity index is 1.56. The van der Waals surface area contributed by atoms with Gasteiger partial charge in [0, 0.05) is 26.2 Å². The van der Waals surface area contributed by atoms with Gasteiger partial charge in [0.1, 0.15) is 6.10 Å². The Hall–Kier alpha value is -1.88. The smallest absolute Gasteiger partial charge is 0.251 e. The van der Waals surface area contributed by atoms with E-state index in [1.807, 2.05) is 42.2 Å². The maximum atomic E-state index is 12.9. The van der Waals surface area contributed by atoms with Crippen molar-refractivity contribution in [1.82, 2.24) is 9.80 Å². The van der Waals surface area contributed by atoms with Crippen molar-refractivity contribution < 1.29 is 14.7 Å². The van der Waals surface area contributed by atoms with E-state index in [0.29, 0.717) is 26.2 Å². The molecule has 1 aromatic carbocycles. The van der Waals surface area contributed by atoms with Gasteiger partial charge in [0.2, 0.25) is 5.91 Å². The SMILES string of the molecule is C[C@@H](C(=O)N1CCCN(C(=O)[C@H](O)C2CCCCC2)CC1)c1ccccc1. The number of aliphatic hydroxyl groups excluding tert-OH is 1. The van der Waals surface area contributed by atoms with Crippen molar-refractivity contribution in [3.63, 3.8) is 0 Å². The molecule has 0 unspecified atom stereocenters. The molecular weight excluding hydrogens is 340 g/mol. The summed E-state index contributed by atoms with van der Waals surface area (Å²) >= 11 is 0. The van der Waals surface area contributed by atoms with Crippen LogP contribution in [0, 0.1) is 5.92 Å². The maximum absolute atomic E-state index is 12.9. The zero-order valence-corrected chi connectivity index (χ0v) is 16.3. The number of hydrogen-bond acceptors (Lipinski definition) is 3. The summed E-state index contributed by atoms with van der Waals surface area (Å²) in [5.74, 6) is -0.109. The van der Waals surface area contributed by atoms with Crippen molar-refractivity contribution in [3.8, 4) is 0 Å². The highest BCUT2D eigenvalue weighted by molar-refractivity contribution is 5.84. The van der Waals surface area contributed by atoms with Gasteiger partial charge in [-0.15, -0.1) is 0 Å². The molecule has 1 aliphatic carbocycles. The van der Waals surface area contributed by atoms with E-state index in [4.69, 9.17) is 0 Å². The van der Waals surface area contributed by atoms with Crippen LogP contribution in [0.2, 0.25) is 0 Å². The van der Waals surface area contributed by atoms with Crippen LogP contribution in [0.1, 0.15) is 56.9 Å². The monoisotopic (exact) mass is 372 g/mol. The highest BCUT2D eigenvalue weighted by atomic mass is 16.3. The molecule has 0 bridgehead atoms. The van der Waals surface area contributed by atoms with Crippen molar-refractivity contribution in [2.24, 2.45) is 5.92 Å². The molecule has 5 heteroatoms. The number of rotatable bonds is 4. The first-order valence-electron chi connectivity index (χ1n) is 10.4. The molecule has 1 aromatic rings. The number of carbonyl (C=O) groups excluding carboxylic acids is 2. The summed E-state index contributed by atoms with van der Waals surface area (Å²) in [6, 6.07) is 9.82. The predicted octanol–water partition coefficient (Wildman–Crippen LogP) is 2.79. The first-order valence-corrected chi connectivity index (χ1v) is 10.4. The Bertz CT molecular complexity index is 628. The Morgan fingerprint density at radius 3 is 2.11 bits per heavy atom. The maximum Gasteiger partial charge on any atom is 0.251 e. The topological polar surface area (TPSA) is 60.9 Å². The lowest BCUT2D eigenvalue weighted by molar-refractivity contribution is -0.144. The van der Waals surface area contributed by atoms with E-state index >= 15 is 0 Å². The normalized spacial score (nSPS) is 21.4. The van der Waals surface area contributed by atoms with Crippen LogP contribution in [0.3, 0.4) is 0 Å². The van der Waals surface area contributed by atoms with Gasteiger partial charge < -0.3 is 14.9 Å². The zero-order chi connectivity index (χ0) is 19.2. The molecule has 148 valence electrons. The van der Waals surface area contributed by atoms with Gasteiger partial charge in [-0.1, -0.05) is 49.6 Å². The molecule has 0 radical (unpaired) electrons. The van der Waals surface area contributed by atoms with Gasteiger partial charge in [0.25, 0.3) is 5.91 Å². The standard InChI is InChI=1S/C22H32N2O3/c1-17(18-9-4-2-5-10-18)21(26)23-13-8-14-24(16-15-23)22(27)20(25)19-11-6-3-7-12-19/h2,4-5,9-10,17,19-20,25H,3,6-8,11-16H2,1H3/t17-,20-/m1/s1. The quantitative estimate of drug-likeness (QED) is 0.884. The third-order valence-corrected chi connectivity index (χ3v) is 6.14. The molecule has 5 nitrogen and oxygen atoms in total. The van der Waals surface area contributed by atoms with E-state index in [2.05, 4.69) is 0 Å². The first-order chi connectivity index (χ1) is 13.1. The first kappa shape index (κ1) is 19.9. The Morgan fingerprint density at radius 2 is 1.48 bits per heavy atom. The largest absolute Gasteiger partial charge is 0.383 e. The van der Waals surface area contributed by atoms with Crippen LogP contribution in [-0.4, -0.2) is 59.0 Å². The van der Waals surface area contributed by atoms with Crippen LogP contribution < -0.4 is 0 Å². The molecule has 1 N–H and O–H groups in total. The molecule has 1 aliphatic heterocycles. The average Bonchev–Trinajstić information content (AvgIpc) is 2.99. The summed E-state index contributed by atoms with van der Waals surface area (Å²) in [6.07, 6.45) is 5.19. The lowest BCUT2D eigenvalue weighted by Gasteiger charge is -2.30. The fourth-order valence-electron chi connectivity index (χ4n) is 4.35. The van der Waals surface area contributed by atoms with E-state index < -0.39 is 6.10 Å². The molecule has 1 saturated heterocycles. The summed E-state index contributed by atoms with van der Waals surface area (Å²) in [6.45, 7) is 4.28. The number of nitrogens with zero attached hydrogens (tertiary/aromatic N) is 2. The molecular formula is C22H32N2O3. The summed E-state index contributed by atoms with van der Waals surface area (Å²) in [5.41, 5.74) is 1.02. The summed E-state index contributed by atoms with van der Waals surface area (Å²) < 4.78 is 0. The van der Waals surface area contributed by atoms with Gasteiger partial charge in [0.15, 0.2) is 0 Å². The van der Waals surface area contributed by atoms with Gasteiger partial charge in [-0.2, -0.15) is 0 Å². The molecule has 3 rings (SSSR count). The van der Waals surface area contributed by atoms with Crippen LogP contribution in [0.25, 0.3) is 0 Å². The summed E-state index contributed by atoms with van der Waals surface area (Å²) in [7, 11) is 0.